The molecule has 1 aromatic heterocycles. The van der Waals surface area contributed by atoms with Gasteiger partial charge in [-0.2, -0.15) is 5.26 Å². The number of aromatic nitrogens is 3. The van der Waals surface area contributed by atoms with E-state index in [0.29, 0.717) is 11.4 Å². The van der Waals surface area contributed by atoms with Gasteiger partial charge in [-0.05, 0) is 49.5 Å². The largest absolute Gasteiger partial charge is 0.310 e. The first-order chi connectivity index (χ1) is 10.7. The maximum atomic E-state index is 9.56. The normalized spacial score (nSPS) is 15.0. The Morgan fingerprint density at radius 1 is 1.18 bits per heavy atom. The van der Waals surface area contributed by atoms with Gasteiger partial charge in [0.2, 0.25) is 0 Å². The molecule has 0 atom stereocenters. The average molecular weight is 292 g/mol. The van der Waals surface area contributed by atoms with E-state index in [4.69, 9.17) is 0 Å². The Kier molecular flexibility index (Phi) is 4.06. The summed E-state index contributed by atoms with van der Waals surface area (Å²) in [5, 5.41) is 18.1. The van der Waals surface area contributed by atoms with Gasteiger partial charge < -0.3 is 4.57 Å². The molecule has 0 aliphatic carbocycles. The molecule has 112 valence electrons. The maximum absolute atomic E-state index is 9.56. The van der Waals surface area contributed by atoms with Crippen LogP contribution in [0.1, 0.15) is 47.6 Å². The Morgan fingerprint density at radius 2 is 2.05 bits per heavy atom. The van der Waals surface area contributed by atoms with Crippen LogP contribution in [0.4, 0.5) is 0 Å². The summed E-state index contributed by atoms with van der Waals surface area (Å²) in [4.78, 5) is 0. The number of rotatable bonds is 2. The Morgan fingerprint density at radius 3 is 2.82 bits per heavy atom. The number of hydrogen-bond donors (Lipinski definition) is 0. The molecule has 0 amide bonds. The van der Waals surface area contributed by atoms with Crippen molar-refractivity contribution in [3.8, 4) is 6.07 Å². The fourth-order valence-corrected chi connectivity index (χ4v) is 2.85. The SMILES string of the molecule is Cc1ccc(/C=C(/C#N)c2nnc3n2CCCCC3)cc1C. The third-order valence-electron chi connectivity index (χ3n) is 4.31. The van der Waals surface area contributed by atoms with E-state index >= 15 is 0 Å². The van der Waals surface area contributed by atoms with Crippen molar-refractivity contribution in [2.75, 3.05) is 0 Å². The number of aryl methyl sites for hydroxylation is 3. The van der Waals surface area contributed by atoms with Gasteiger partial charge in [-0.3, -0.25) is 0 Å². The molecule has 4 nitrogen and oxygen atoms in total. The van der Waals surface area contributed by atoms with Gasteiger partial charge in [0, 0.05) is 13.0 Å². The minimum absolute atomic E-state index is 0.587. The molecule has 0 radical (unpaired) electrons. The molecule has 0 fully saturated rings. The second kappa shape index (κ2) is 6.15. The minimum Gasteiger partial charge on any atom is -0.310 e. The zero-order valence-corrected chi connectivity index (χ0v) is 13.1. The van der Waals surface area contributed by atoms with Crippen LogP contribution in [0.15, 0.2) is 18.2 Å². The fraction of sp³-hybridized carbons (Fsp3) is 0.389. The summed E-state index contributed by atoms with van der Waals surface area (Å²) in [5.41, 5.74) is 4.10. The highest BCUT2D eigenvalue weighted by molar-refractivity contribution is 5.87. The summed E-state index contributed by atoms with van der Waals surface area (Å²) >= 11 is 0. The molecular formula is C18H20N4. The van der Waals surface area contributed by atoms with Crippen LogP contribution in [0.25, 0.3) is 11.6 Å². The Hall–Kier alpha value is -2.41. The van der Waals surface area contributed by atoms with Gasteiger partial charge in [-0.15, -0.1) is 10.2 Å². The van der Waals surface area contributed by atoms with E-state index in [1.807, 2.05) is 12.1 Å². The molecule has 0 bridgehead atoms. The van der Waals surface area contributed by atoms with Crippen molar-refractivity contribution in [1.82, 2.24) is 14.8 Å². The van der Waals surface area contributed by atoms with Crippen LogP contribution in [-0.2, 0) is 13.0 Å². The van der Waals surface area contributed by atoms with E-state index in [1.54, 1.807) is 0 Å². The van der Waals surface area contributed by atoms with Crippen LogP contribution >= 0.6 is 0 Å². The quantitative estimate of drug-likeness (QED) is 0.793. The van der Waals surface area contributed by atoms with E-state index in [1.165, 1.54) is 17.5 Å². The topological polar surface area (TPSA) is 54.5 Å². The van der Waals surface area contributed by atoms with Gasteiger partial charge in [0.25, 0.3) is 0 Å². The van der Waals surface area contributed by atoms with Crippen LogP contribution < -0.4 is 0 Å². The van der Waals surface area contributed by atoms with Crippen LogP contribution in [0.5, 0.6) is 0 Å². The standard InChI is InChI=1S/C18H20N4/c1-13-7-8-15(10-14(13)2)11-16(12-19)18-21-20-17-6-4-3-5-9-22(17)18/h7-8,10-11H,3-6,9H2,1-2H3/b16-11-. The van der Waals surface area contributed by atoms with Crippen molar-refractivity contribution in [3.63, 3.8) is 0 Å². The monoisotopic (exact) mass is 292 g/mol. The van der Waals surface area contributed by atoms with Crippen molar-refractivity contribution in [2.45, 2.75) is 46.1 Å². The van der Waals surface area contributed by atoms with E-state index in [9.17, 15) is 5.26 Å². The molecule has 0 saturated heterocycles. The van der Waals surface area contributed by atoms with Crippen molar-refractivity contribution in [2.24, 2.45) is 0 Å². The predicted octanol–water partition coefficient (Wildman–Crippen LogP) is 3.69. The summed E-state index contributed by atoms with van der Waals surface area (Å²) < 4.78 is 2.11. The molecule has 2 heterocycles. The van der Waals surface area contributed by atoms with E-state index < -0.39 is 0 Å². The lowest BCUT2D eigenvalue weighted by Crippen LogP contribution is -2.05. The van der Waals surface area contributed by atoms with Crippen LogP contribution in [-0.4, -0.2) is 14.8 Å². The zero-order valence-electron chi connectivity index (χ0n) is 13.1. The number of nitriles is 1. The first kappa shape index (κ1) is 14.5. The van der Waals surface area contributed by atoms with Crippen molar-refractivity contribution >= 4 is 11.6 Å². The zero-order chi connectivity index (χ0) is 15.5. The predicted molar refractivity (Wildman–Crippen MR) is 87.0 cm³/mol. The summed E-state index contributed by atoms with van der Waals surface area (Å²) in [6.07, 6.45) is 6.36. The number of nitrogens with zero attached hydrogens (tertiary/aromatic N) is 4. The first-order valence-electron chi connectivity index (χ1n) is 7.80. The molecule has 1 aliphatic rings. The lowest BCUT2D eigenvalue weighted by atomic mass is 10.0. The molecule has 2 aromatic rings. The second-order valence-electron chi connectivity index (χ2n) is 5.92. The molecular weight excluding hydrogens is 272 g/mol. The average Bonchev–Trinajstić information content (AvgIpc) is 2.77. The molecule has 0 saturated carbocycles. The molecule has 0 spiro atoms. The smallest absolute Gasteiger partial charge is 0.174 e. The van der Waals surface area contributed by atoms with Crippen molar-refractivity contribution in [1.29, 1.82) is 5.26 Å². The third-order valence-corrected chi connectivity index (χ3v) is 4.31. The lowest BCUT2D eigenvalue weighted by molar-refractivity contribution is 0.627. The molecule has 4 heteroatoms. The maximum Gasteiger partial charge on any atom is 0.174 e. The highest BCUT2D eigenvalue weighted by Crippen LogP contribution is 2.22. The van der Waals surface area contributed by atoms with Crippen molar-refractivity contribution in [3.05, 3.63) is 46.5 Å². The summed E-state index contributed by atoms with van der Waals surface area (Å²) in [7, 11) is 0. The van der Waals surface area contributed by atoms with Gasteiger partial charge in [-0.1, -0.05) is 24.6 Å². The first-order valence-corrected chi connectivity index (χ1v) is 7.80. The number of benzene rings is 1. The van der Waals surface area contributed by atoms with Gasteiger partial charge in [0.05, 0.1) is 5.57 Å². The van der Waals surface area contributed by atoms with Crippen LogP contribution in [0.3, 0.4) is 0 Å². The fourth-order valence-electron chi connectivity index (χ4n) is 2.85. The molecule has 22 heavy (non-hydrogen) atoms. The highest BCUT2D eigenvalue weighted by atomic mass is 15.3. The van der Waals surface area contributed by atoms with Crippen LogP contribution in [0.2, 0.25) is 0 Å². The third kappa shape index (κ3) is 2.80. The lowest BCUT2D eigenvalue weighted by Gasteiger charge is -2.06. The molecule has 0 unspecified atom stereocenters. The van der Waals surface area contributed by atoms with E-state index in [2.05, 4.69) is 46.8 Å². The molecule has 3 rings (SSSR count). The number of hydrogen-bond acceptors (Lipinski definition) is 3. The van der Waals surface area contributed by atoms with Crippen molar-refractivity contribution < 1.29 is 0 Å². The van der Waals surface area contributed by atoms with E-state index in [-0.39, 0.29) is 0 Å². The molecule has 0 N–H and O–H groups in total. The summed E-state index contributed by atoms with van der Waals surface area (Å²) in [6, 6.07) is 8.52. The van der Waals surface area contributed by atoms with Gasteiger partial charge in [0.1, 0.15) is 11.9 Å². The van der Waals surface area contributed by atoms with Gasteiger partial charge in [0.15, 0.2) is 5.82 Å². The molecule has 1 aliphatic heterocycles. The van der Waals surface area contributed by atoms with Gasteiger partial charge in [-0.25, -0.2) is 0 Å². The Balaban J connectivity index is 2.01. The van der Waals surface area contributed by atoms with Gasteiger partial charge >= 0.3 is 0 Å². The summed E-state index contributed by atoms with van der Waals surface area (Å²) in [5.74, 6) is 1.71. The highest BCUT2D eigenvalue weighted by Gasteiger charge is 2.17. The summed E-state index contributed by atoms with van der Waals surface area (Å²) in [6.45, 7) is 5.08. The van der Waals surface area contributed by atoms with Crippen LogP contribution in [0, 0.1) is 25.2 Å². The number of allylic oxidation sites excluding steroid dienone is 1. The number of fused-ring (bicyclic) bond motifs is 1. The second-order valence-corrected chi connectivity index (χ2v) is 5.92. The Labute approximate surface area is 131 Å². The van der Waals surface area contributed by atoms with E-state index in [0.717, 1.165) is 37.2 Å². The molecule has 1 aromatic carbocycles. The minimum atomic E-state index is 0.587. The Bertz CT molecular complexity index is 762.